The van der Waals surface area contributed by atoms with E-state index in [9.17, 15) is 4.79 Å². The number of aromatic carboxylic acids is 1. The summed E-state index contributed by atoms with van der Waals surface area (Å²) in [4.78, 5) is 22.5. The van der Waals surface area contributed by atoms with Crippen molar-refractivity contribution in [3.8, 4) is 0 Å². The third-order valence-corrected chi connectivity index (χ3v) is 2.74. The summed E-state index contributed by atoms with van der Waals surface area (Å²) in [5, 5.41) is 9.11. The standard InChI is InChI=1S/C13H9N3O2/c17-13(18)9-4-7-16-12(9)11-8(3-6-15-11)10-2-1-5-14-10/h1-7,16H,(H,17,18). The highest BCUT2D eigenvalue weighted by Gasteiger charge is 2.22. The molecule has 0 aromatic carbocycles. The molecule has 18 heavy (non-hydrogen) atoms. The zero-order valence-corrected chi connectivity index (χ0v) is 9.29. The van der Waals surface area contributed by atoms with Gasteiger partial charge in [0.15, 0.2) is 0 Å². The Bertz CT molecular complexity index is 658. The quantitative estimate of drug-likeness (QED) is 0.827. The molecule has 0 fully saturated rings. The number of hydrogen-bond acceptors (Lipinski definition) is 3. The molecule has 88 valence electrons. The van der Waals surface area contributed by atoms with Gasteiger partial charge < -0.3 is 10.1 Å². The van der Waals surface area contributed by atoms with E-state index in [1.165, 1.54) is 6.07 Å². The lowest BCUT2D eigenvalue weighted by atomic mass is 10.0. The SMILES string of the molecule is O=C(O)c1cc[nH]c1C1=NC=CC1=C1C=CC=N1. The van der Waals surface area contributed by atoms with Crippen LogP contribution in [0.4, 0.5) is 0 Å². The van der Waals surface area contributed by atoms with Gasteiger partial charge in [0.25, 0.3) is 0 Å². The molecule has 0 atom stereocenters. The Kier molecular flexibility index (Phi) is 2.30. The van der Waals surface area contributed by atoms with Gasteiger partial charge in [0, 0.05) is 24.2 Å². The van der Waals surface area contributed by atoms with Crippen LogP contribution >= 0.6 is 0 Å². The van der Waals surface area contributed by atoms with Crippen molar-refractivity contribution < 1.29 is 9.90 Å². The van der Waals surface area contributed by atoms with Gasteiger partial charge in [-0.1, -0.05) is 0 Å². The van der Waals surface area contributed by atoms with E-state index in [4.69, 9.17) is 5.11 Å². The molecule has 5 nitrogen and oxygen atoms in total. The molecule has 2 N–H and O–H groups in total. The smallest absolute Gasteiger partial charge is 0.337 e. The highest BCUT2D eigenvalue weighted by Crippen LogP contribution is 2.24. The number of nitrogens with one attached hydrogen (secondary N) is 1. The summed E-state index contributed by atoms with van der Waals surface area (Å²) >= 11 is 0. The van der Waals surface area contributed by atoms with E-state index in [0.717, 1.165) is 11.3 Å². The Morgan fingerprint density at radius 2 is 2.22 bits per heavy atom. The average Bonchev–Trinajstić information content (AvgIpc) is 3.10. The van der Waals surface area contributed by atoms with Crippen LogP contribution in [-0.2, 0) is 0 Å². The molecule has 2 aliphatic rings. The molecule has 0 radical (unpaired) electrons. The number of aliphatic imine (C=N–C) groups is 2. The zero-order chi connectivity index (χ0) is 12.5. The predicted octanol–water partition coefficient (Wildman–Crippen LogP) is 1.92. The molecule has 0 saturated carbocycles. The second-order valence-corrected chi connectivity index (χ2v) is 3.80. The molecular formula is C13H9N3O2. The first-order valence-electron chi connectivity index (χ1n) is 5.38. The third kappa shape index (κ3) is 1.53. The minimum absolute atomic E-state index is 0.210. The average molecular weight is 239 g/mol. The van der Waals surface area contributed by atoms with Crippen LogP contribution < -0.4 is 0 Å². The minimum Gasteiger partial charge on any atom is -0.478 e. The zero-order valence-electron chi connectivity index (χ0n) is 9.29. The molecule has 0 spiro atoms. The molecule has 0 amide bonds. The summed E-state index contributed by atoms with van der Waals surface area (Å²) in [6, 6.07) is 1.52. The lowest BCUT2D eigenvalue weighted by Gasteiger charge is -2.04. The van der Waals surface area contributed by atoms with Crippen LogP contribution in [0.3, 0.4) is 0 Å². The van der Waals surface area contributed by atoms with E-state index in [1.807, 2.05) is 18.2 Å². The fourth-order valence-corrected chi connectivity index (χ4v) is 1.94. The Morgan fingerprint density at radius 3 is 2.94 bits per heavy atom. The summed E-state index contributed by atoms with van der Waals surface area (Å²) in [7, 11) is 0. The number of rotatable bonds is 2. The first kappa shape index (κ1) is 10.5. The second-order valence-electron chi connectivity index (χ2n) is 3.80. The first-order chi connectivity index (χ1) is 8.77. The van der Waals surface area contributed by atoms with Crippen LogP contribution in [0.25, 0.3) is 0 Å². The fraction of sp³-hybridized carbons (Fsp3) is 0. The number of carboxylic acids is 1. The summed E-state index contributed by atoms with van der Waals surface area (Å²) in [6.07, 6.45) is 10.5. The normalized spacial score (nSPS) is 20.8. The van der Waals surface area contributed by atoms with Gasteiger partial charge >= 0.3 is 5.97 Å². The van der Waals surface area contributed by atoms with Gasteiger partial charge in [-0.15, -0.1) is 0 Å². The molecule has 0 saturated heterocycles. The van der Waals surface area contributed by atoms with Crippen LogP contribution in [0, 0.1) is 0 Å². The second kappa shape index (κ2) is 3.96. The van der Waals surface area contributed by atoms with Crippen LogP contribution in [0.1, 0.15) is 16.1 Å². The van der Waals surface area contributed by atoms with Gasteiger partial charge in [-0.3, -0.25) is 9.98 Å². The molecule has 1 aromatic rings. The van der Waals surface area contributed by atoms with Crippen molar-refractivity contribution in [2.24, 2.45) is 9.98 Å². The molecule has 3 rings (SSSR count). The maximum atomic E-state index is 11.1. The van der Waals surface area contributed by atoms with Gasteiger partial charge in [-0.2, -0.15) is 0 Å². The van der Waals surface area contributed by atoms with Crippen molar-refractivity contribution in [1.29, 1.82) is 0 Å². The van der Waals surface area contributed by atoms with E-state index in [-0.39, 0.29) is 5.56 Å². The van der Waals surface area contributed by atoms with Crippen molar-refractivity contribution in [1.82, 2.24) is 4.98 Å². The lowest BCUT2D eigenvalue weighted by molar-refractivity contribution is 0.0697. The van der Waals surface area contributed by atoms with E-state index in [2.05, 4.69) is 15.0 Å². The molecule has 0 bridgehead atoms. The maximum Gasteiger partial charge on any atom is 0.337 e. The maximum absolute atomic E-state index is 11.1. The van der Waals surface area contributed by atoms with Crippen molar-refractivity contribution in [3.05, 3.63) is 59.2 Å². The minimum atomic E-state index is -0.976. The number of allylic oxidation sites excluding steroid dienone is 4. The summed E-state index contributed by atoms with van der Waals surface area (Å²) in [5.74, 6) is -0.976. The number of aromatic nitrogens is 1. The van der Waals surface area contributed by atoms with Crippen LogP contribution in [0.2, 0.25) is 0 Å². The van der Waals surface area contributed by atoms with Crippen molar-refractivity contribution in [2.75, 3.05) is 0 Å². The number of hydrogen-bond donors (Lipinski definition) is 2. The van der Waals surface area contributed by atoms with E-state index in [0.29, 0.717) is 11.4 Å². The molecule has 0 unspecified atom stereocenters. The van der Waals surface area contributed by atoms with Gasteiger partial charge in [0.05, 0.1) is 22.7 Å². The largest absolute Gasteiger partial charge is 0.478 e. The van der Waals surface area contributed by atoms with Gasteiger partial charge in [-0.05, 0) is 24.3 Å². The van der Waals surface area contributed by atoms with E-state index in [1.54, 1.807) is 18.6 Å². The molecule has 5 heteroatoms. The first-order valence-corrected chi connectivity index (χ1v) is 5.38. The number of nitrogens with zero attached hydrogens (tertiary/aromatic N) is 2. The van der Waals surface area contributed by atoms with Gasteiger partial charge in [0.2, 0.25) is 0 Å². The summed E-state index contributed by atoms with van der Waals surface area (Å²) in [6.45, 7) is 0. The van der Waals surface area contributed by atoms with Crippen molar-refractivity contribution >= 4 is 17.9 Å². The van der Waals surface area contributed by atoms with Gasteiger partial charge in [-0.25, -0.2) is 4.79 Å². The number of H-pyrrole nitrogens is 1. The third-order valence-electron chi connectivity index (χ3n) is 2.74. The summed E-state index contributed by atoms with van der Waals surface area (Å²) in [5.41, 5.74) is 2.93. The number of aromatic amines is 1. The molecule has 1 aromatic heterocycles. The summed E-state index contributed by atoms with van der Waals surface area (Å²) < 4.78 is 0. The molecule has 0 aliphatic carbocycles. The fourth-order valence-electron chi connectivity index (χ4n) is 1.94. The van der Waals surface area contributed by atoms with Crippen LogP contribution in [-0.4, -0.2) is 28.0 Å². The van der Waals surface area contributed by atoms with Crippen molar-refractivity contribution in [3.63, 3.8) is 0 Å². The topological polar surface area (TPSA) is 77.8 Å². The van der Waals surface area contributed by atoms with E-state index < -0.39 is 5.97 Å². The van der Waals surface area contributed by atoms with E-state index >= 15 is 0 Å². The highest BCUT2D eigenvalue weighted by molar-refractivity contribution is 6.19. The molecular weight excluding hydrogens is 230 g/mol. The molecule has 3 heterocycles. The predicted molar refractivity (Wildman–Crippen MR) is 68.1 cm³/mol. The monoisotopic (exact) mass is 239 g/mol. The number of carbonyl (C=O) groups is 1. The molecule has 2 aliphatic heterocycles. The Morgan fingerprint density at radius 1 is 1.33 bits per heavy atom. The highest BCUT2D eigenvalue weighted by atomic mass is 16.4. The van der Waals surface area contributed by atoms with Crippen LogP contribution in [0.5, 0.6) is 0 Å². The Labute approximate surface area is 103 Å². The van der Waals surface area contributed by atoms with Gasteiger partial charge in [0.1, 0.15) is 0 Å². The Hall–Kier alpha value is -2.69. The van der Waals surface area contributed by atoms with Crippen molar-refractivity contribution in [2.45, 2.75) is 0 Å². The van der Waals surface area contributed by atoms with Crippen LogP contribution in [0.15, 0.2) is 57.9 Å². The number of carboxylic acid groups (broad SMARTS) is 1. The Balaban J connectivity index is 2.11. The lowest BCUT2D eigenvalue weighted by Crippen LogP contribution is -2.09.